The molecule has 2 rings (SSSR count). The molecule has 1 saturated carbocycles. The molecule has 0 heterocycles. The molecule has 0 bridgehead atoms. The minimum Gasteiger partial charge on any atom is -0.307 e. The van der Waals surface area contributed by atoms with Gasteiger partial charge in [0.15, 0.2) is 0 Å². The van der Waals surface area contributed by atoms with Gasteiger partial charge in [0.2, 0.25) is 0 Å². The van der Waals surface area contributed by atoms with Crippen molar-refractivity contribution in [1.29, 1.82) is 0 Å². The summed E-state index contributed by atoms with van der Waals surface area (Å²) in [6.07, 6.45) is 5.51. The first-order valence-electron chi connectivity index (χ1n) is 8.83. The summed E-state index contributed by atoms with van der Waals surface area (Å²) >= 11 is 0. The Balaban J connectivity index is 1.92. The SMILES string of the molecule is CC(C)c1ccc(C(C)NC2CCCC(C(C)C)C2)cc1. The van der Waals surface area contributed by atoms with Gasteiger partial charge in [-0.25, -0.2) is 0 Å². The minimum atomic E-state index is 0.460. The molecule has 0 aromatic heterocycles. The van der Waals surface area contributed by atoms with Gasteiger partial charge in [-0.15, -0.1) is 0 Å². The average Bonchev–Trinajstić information content (AvgIpc) is 2.47. The standard InChI is InChI=1S/C20H33N/c1-14(2)17-9-11-18(12-10-17)16(5)21-20-8-6-7-19(13-20)15(3)4/h9-12,14-16,19-21H,6-8,13H2,1-5H3. The van der Waals surface area contributed by atoms with Crippen molar-refractivity contribution in [2.45, 2.75) is 78.3 Å². The zero-order valence-corrected chi connectivity index (χ0v) is 14.5. The topological polar surface area (TPSA) is 12.0 Å². The molecule has 1 fully saturated rings. The van der Waals surface area contributed by atoms with Crippen LogP contribution in [-0.4, -0.2) is 6.04 Å². The predicted molar refractivity (Wildman–Crippen MR) is 92.7 cm³/mol. The fourth-order valence-corrected chi connectivity index (χ4v) is 3.60. The Hall–Kier alpha value is -0.820. The van der Waals surface area contributed by atoms with Crippen molar-refractivity contribution >= 4 is 0 Å². The van der Waals surface area contributed by atoms with Gasteiger partial charge in [0.25, 0.3) is 0 Å². The lowest BCUT2D eigenvalue weighted by Gasteiger charge is -2.34. The molecule has 0 aliphatic heterocycles. The van der Waals surface area contributed by atoms with Gasteiger partial charge in [0, 0.05) is 12.1 Å². The Bertz CT molecular complexity index is 418. The van der Waals surface area contributed by atoms with Crippen LogP contribution in [0.5, 0.6) is 0 Å². The molecule has 3 unspecified atom stereocenters. The second-order valence-electron chi connectivity index (χ2n) is 7.58. The summed E-state index contributed by atoms with van der Waals surface area (Å²) in [6.45, 7) is 11.6. The summed E-state index contributed by atoms with van der Waals surface area (Å²) in [5.74, 6) is 2.36. The summed E-state index contributed by atoms with van der Waals surface area (Å²) in [5, 5.41) is 3.87. The average molecular weight is 287 g/mol. The molecule has 0 saturated heterocycles. The van der Waals surface area contributed by atoms with Gasteiger partial charge in [0.1, 0.15) is 0 Å². The molecule has 118 valence electrons. The summed E-state index contributed by atoms with van der Waals surface area (Å²) in [5.41, 5.74) is 2.86. The van der Waals surface area contributed by atoms with Crippen LogP contribution in [0.3, 0.4) is 0 Å². The Kier molecular flexibility index (Phi) is 5.87. The summed E-state index contributed by atoms with van der Waals surface area (Å²) < 4.78 is 0. The second-order valence-corrected chi connectivity index (χ2v) is 7.58. The number of nitrogens with one attached hydrogen (secondary N) is 1. The molecule has 1 aromatic carbocycles. The molecule has 1 nitrogen and oxygen atoms in total. The van der Waals surface area contributed by atoms with Gasteiger partial charge in [0.05, 0.1) is 0 Å². The highest BCUT2D eigenvalue weighted by atomic mass is 14.9. The normalized spacial score (nSPS) is 24.5. The van der Waals surface area contributed by atoms with Crippen molar-refractivity contribution in [2.75, 3.05) is 0 Å². The number of hydrogen-bond donors (Lipinski definition) is 1. The van der Waals surface area contributed by atoms with Crippen molar-refractivity contribution in [2.24, 2.45) is 11.8 Å². The maximum atomic E-state index is 3.87. The monoisotopic (exact) mass is 287 g/mol. The van der Waals surface area contributed by atoms with Gasteiger partial charge in [-0.1, -0.05) is 64.8 Å². The van der Waals surface area contributed by atoms with E-state index in [2.05, 4.69) is 64.2 Å². The fraction of sp³-hybridized carbons (Fsp3) is 0.700. The maximum Gasteiger partial charge on any atom is 0.0294 e. The van der Waals surface area contributed by atoms with Gasteiger partial charge in [-0.3, -0.25) is 0 Å². The van der Waals surface area contributed by atoms with Gasteiger partial charge in [-0.2, -0.15) is 0 Å². The second kappa shape index (κ2) is 7.45. The summed E-state index contributed by atoms with van der Waals surface area (Å²) in [7, 11) is 0. The van der Waals surface area contributed by atoms with Crippen LogP contribution < -0.4 is 5.32 Å². The van der Waals surface area contributed by atoms with Crippen LogP contribution in [0.15, 0.2) is 24.3 Å². The van der Waals surface area contributed by atoms with E-state index in [9.17, 15) is 0 Å². The molecule has 3 atom stereocenters. The van der Waals surface area contributed by atoms with Crippen molar-refractivity contribution in [3.05, 3.63) is 35.4 Å². The third-order valence-electron chi connectivity index (χ3n) is 5.25. The van der Waals surface area contributed by atoms with Gasteiger partial charge >= 0.3 is 0 Å². The van der Waals surface area contributed by atoms with Crippen molar-refractivity contribution in [3.63, 3.8) is 0 Å². The fourth-order valence-electron chi connectivity index (χ4n) is 3.60. The maximum absolute atomic E-state index is 3.87. The van der Waals surface area contributed by atoms with E-state index in [1.54, 1.807) is 0 Å². The van der Waals surface area contributed by atoms with E-state index in [-0.39, 0.29) is 0 Å². The highest BCUT2D eigenvalue weighted by Crippen LogP contribution is 2.31. The summed E-state index contributed by atoms with van der Waals surface area (Å²) in [6, 6.07) is 10.3. The van der Waals surface area contributed by atoms with E-state index in [1.165, 1.54) is 36.8 Å². The molecule has 1 heteroatoms. The Morgan fingerprint density at radius 2 is 1.52 bits per heavy atom. The highest BCUT2D eigenvalue weighted by Gasteiger charge is 2.25. The molecule has 1 N–H and O–H groups in total. The molecule has 1 aliphatic carbocycles. The molecule has 1 aromatic rings. The van der Waals surface area contributed by atoms with E-state index in [0.29, 0.717) is 18.0 Å². The van der Waals surface area contributed by atoms with Crippen LogP contribution >= 0.6 is 0 Å². The first-order chi connectivity index (χ1) is 9.97. The number of hydrogen-bond acceptors (Lipinski definition) is 1. The lowest BCUT2D eigenvalue weighted by Crippen LogP contribution is -2.37. The molecule has 0 amide bonds. The quantitative estimate of drug-likeness (QED) is 0.735. The van der Waals surface area contributed by atoms with Crippen LogP contribution in [0.1, 0.15) is 83.4 Å². The van der Waals surface area contributed by atoms with Crippen molar-refractivity contribution in [3.8, 4) is 0 Å². The van der Waals surface area contributed by atoms with Gasteiger partial charge < -0.3 is 5.32 Å². The van der Waals surface area contributed by atoms with Crippen LogP contribution in [0, 0.1) is 11.8 Å². The molecular formula is C20H33N. The molecule has 0 radical (unpaired) electrons. The smallest absolute Gasteiger partial charge is 0.0294 e. The van der Waals surface area contributed by atoms with E-state index >= 15 is 0 Å². The highest BCUT2D eigenvalue weighted by molar-refractivity contribution is 5.26. The lowest BCUT2D eigenvalue weighted by atomic mass is 9.79. The minimum absolute atomic E-state index is 0.460. The Morgan fingerprint density at radius 1 is 0.905 bits per heavy atom. The van der Waals surface area contributed by atoms with Gasteiger partial charge in [-0.05, 0) is 48.6 Å². The first kappa shape index (κ1) is 16.5. The van der Waals surface area contributed by atoms with Crippen molar-refractivity contribution in [1.82, 2.24) is 5.32 Å². The largest absolute Gasteiger partial charge is 0.307 e. The third-order valence-corrected chi connectivity index (χ3v) is 5.25. The first-order valence-corrected chi connectivity index (χ1v) is 8.83. The molecule has 21 heavy (non-hydrogen) atoms. The molecule has 0 spiro atoms. The number of rotatable bonds is 5. The molecule has 1 aliphatic rings. The lowest BCUT2D eigenvalue weighted by molar-refractivity contribution is 0.223. The van der Waals surface area contributed by atoms with Crippen LogP contribution in [0.4, 0.5) is 0 Å². The van der Waals surface area contributed by atoms with Crippen LogP contribution in [0.25, 0.3) is 0 Å². The van der Waals surface area contributed by atoms with E-state index in [4.69, 9.17) is 0 Å². The Morgan fingerprint density at radius 3 is 2.10 bits per heavy atom. The van der Waals surface area contributed by atoms with Crippen LogP contribution in [-0.2, 0) is 0 Å². The zero-order valence-electron chi connectivity index (χ0n) is 14.5. The van der Waals surface area contributed by atoms with E-state index < -0.39 is 0 Å². The van der Waals surface area contributed by atoms with E-state index in [1.807, 2.05) is 0 Å². The predicted octanol–water partition coefficient (Wildman–Crippen LogP) is 5.68. The zero-order chi connectivity index (χ0) is 15.4. The van der Waals surface area contributed by atoms with Crippen LogP contribution in [0.2, 0.25) is 0 Å². The molecular weight excluding hydrogens is 254 g/mol. The van der Waals surface area contributed by atoms with Crippen molar-refractivity contribution < 1.29 is 0 Å². The van der Waals surface area contributed by atoms with E-state index in [0.717, 1.165) is 11.8 Å². The summed E-state index contributed by atoms with van der Waals surface area (Å²) in [4.78, 5) is 0. The third kappa shape index (κ3) is 4.57. The Labute approximate surface area is 131 Å². The number of benzene rings is 1.